The van der Waals surface area contributed by atoms with E-state index in [2.05, 4.69) is 10.3 Å². The van der Waals surface area contributed by atoms with Gasteiger partial charge in [0.25, 0.3) is 5.24 Å². The maximum absolute atomic E-state index is 11.7. The molecule has 124 valence electrons. The van der Waals surface area contributed by atoms with Gasteiger partial charge in [-0.1, -0.05) is 49.0 Å². The van der Waals surface area contributed by atoms with Crippen LogP contribution in [-0.2, 0) is 24.2 Å². The van der Waals surface area contributed by atoms with Crippen LogP contribution in [0.1, 0.15) is 23.7 Å². The van der Waals surface area contributed by atoms with E-state index in [-0.39, 0.29) is 11.1 Å². The maximum atomic E-state index is 11.7. The quantitative estimate of drug-likeness (QED) is 0.873. The van der Waals surface area contributed by atoms with E-state index in [1.807, 2.05) is 43.3 Å². The van der Waals surface area contributed by atoms with Crippen molar-refractivity contribution in [2.75, 3.05) is 0 Å². The number of ether oxygens (including phenoxy) is 1. The third-order valence-corrected chi connectivity index (χ3v) is 4.79. The Balaban J connectivity index is 1.68. The highest BCUT2D eigenvalue weighted by Crippen LogP contribution is 2.25. The number of pyridine rings is 1. The molecule has 1 N–H and O–H groups in total. The first-order valence-corrected chi connectivity index (χ1v) is 8.69. The van der Waals surface area contributed by atoms with Gasteiger partial charge >= 0.3 is 0 Å². The summed E-state index contributed by atoms with van der Waals surface area (Å²) in [5.41, 5.74) is 2.97. The SMILES string of the molecule is CCc1cc(OCc2ccccc2)cnc1CC1SC(=O)NC1=O. The standard InChI is InChI=1S/C18H18N2O3S/c1-2-13-8-14(23-11-12-6-4-3-5-7-12)10-19-15(13)9-16-17(21)20-18(22)24-16/h3-8,10,16H,2,9,11H2,1H3,(H,20,21,22). The zero-order valence-corrected chi connectivity index (χ0v) is 14.1. The van der Waals surface area contributed by atoms with Crippen LogP contribution in [0, 0.1) is 0 Å². The number of hydrogen-bond donors (Lipinski definition) is 1. The van der Waals surface area contributed by atoms with E-state index < -0.39 is 5.25 Å². The van der Waals surface area contributed by atoms with Crippen molar-refractivity contribution < 1.29 is 14.3 Å². The van der Waals surface area contributed by atoms with E-state index in [1.165, 1.54) is 0 Å². The topological polar surface area (TPSA) is 68.3 Å². The summed E-state index contributed by atoms with van der Waals surface area (Å²) in [6, 6.07) is 11.9. The molecule has 6 heteroatoms. The first kappa shape index (κ1) is 16.5. The van der Waals surface area contributed by atoms with Crippen molar-refractivity contribution in [2.45, 2.75) is 31.6 Å². The van der Waals surface area contributed by atoms with Crippen molar-refractivity contribution in [1.29, 1.82) is 0 Å². The summed E-state index contributed by atoms with van der Waals surface area (Å²) in [5.74, 6) is 0.470. The lowest BCUT2D eigenvalue weighted by molar-refractivity contribution is -0.118. The molecule has 1 aliphatic heterocycles. The monoisotopic (exact) mass is 342 g/mol. The van der Waals surface area contributed by atoms with Crippen molar-refractivity contribution in [3.8, 4) is 5.75 Å². The summed E-state index contributed by atoms with van der Waals surface area (Å²) in [6.45, 7) is 2.52. The van der Waals surface area contributed by atoms with Gasteiger partial charge in [0.1, 0.15) is 12.4 Å². The molecule has 24 heavy (non-hydrogen) atoms. The predicted octanol–water partition coefficient (Wildman–Crippen LogP) is 3.12. The van der Waals surface area contributed by atoms with Crippen LogP contribution in [0.25, 0.3) is 0 Å². The number of thioether (sulfide) groups is 1. The number of imide groups is 1. The van der Waals surface area contributed by atoms with E-state index in [9.17, 15) is 9.59 Å². The molecular formula is C18H18N2O3S. The highest BCUT2D eigenvalue weighted by Gasteiger charge is 2.32. The van der Waals surface area contributed by atoms with Crippen molar-refractivity contribution in [3.63, 3.8) is 0 Å². The molecule has 0 radical (unpaired) electrons. The van der Waals surface area contributed by atoms with Crippen LogP contribution in [0.3, 0.4) is 0 Å². The Morgan fingerprint density at radius 1 is 1.25 bits per heavy atom. The number of rotatable bonds is 6. The zero-order valence-electron chi connectivity index (χ0n) is 13.3. The lowest BCUT2D eigenvalue weighted by Crippen LogP contribution is -2.26. The van der Waals surface area contributed by atoms with Crippen LogP contribution in [-0.4, -0.2) is 21.4 Å². The fourth-order valence-electron chi connectivity index (χ4n) is 2.53. The number of nitrogens with zero attached hydrogens (tertiary/aromatic N) is 1. The van der Waals surface area contributed by atoms with Gasteiger partial charge in [-0.05, 0) is 23.6 Å². The van der Waals surface area contributed by atoms with Crippen LogP contribution >= 0.6 is 11.8 Å². The van der Waals surface area contributed by atoms with Crippen molar-refractivity contribution in [2.24, 2.45) is 0 Å². The molecule has 1 saturated heterocycles. The summed E-state index contributed by atoms with van der Waals surface area (Å²) in [6.07, 6.45) is 2.92. The molecule has 3 rings (SSSR count). The molecule has 1 fully saturated rings. The van der Waals surface area contributed by atoms with Gasteiger partial charge in [-0.15, -0.1) is 0 Å². The average Bonchev–Trinajstić information content (AvgIpc) is 2.92. The molecule has 1 aromatic carbocycles. The van der Waals surface area contributed by atoms with Crippen LogP contribution in [0.2, 0.25) is 0 Å². The molecule has 5 nitrogen and oxygen atoms in total. The van der Waals surface area contributed by atoms with Gasteiger partial charge < -0.3 is 4.74 Å². The summed E-state index contributed by atoms with van der Waals surface area (Å²) >= 11 is 1.03. The lowest BCUT2D eigenvalue weighted by Gasteiger charge is -2.12. The minimum atomic E-state index is -0.397. The molecule has 0 aliphatic carbocycles. The van der Waals surface area contributed by atoms with E-state index >= 15 is 0 Å². The molecule has 1 aromatic heterocycles. The summed E-state index contributed by atoms with van der Waals surface area (Å²) in [4.78, 5) is 27.4. The number of benzene rings is 1. The molecule has 0 saturated carbocycles. The van der Waals surface area contributed by atoms with Crippen molar-refractivity contribution >= 4 is 22.9 Å². The Morgan fingerprint density at radius 2 is 2.04 bits per heavy atom. The van der Waals surface area contributed by atoms with Gasteiger partial charge in [0.2, 0.25) is 5.91 Å². The molecule has 2 amide bonds. The van der Waals surface area contributed by atoms with Gasteiger partial charge in [-0.25, -0.2) is 0 Å². The maximum Gasteiger partial charge on any atom is 0.286 e. The molecule has 2 heterocycles. The van der Waals surface area contributed by atoms with Gasteiger partial charge in [0, 0.05) is 12.1 Å². The molecular weight excluding hydrogens is 324 g/mol. The van der Waals surface area contributed by atoms with Crippen LogP contribution < -0.4 is 10.1 Å². The van der Waals surface area contributed by atoms with Crippen molar-refractivity contribution in [1.82, 2.24) is 10.3 Å². The minimum Gasteiger partial charge on any atom is -0.487 e. The van der Waals surface area contributed by atoms with Gasteiger partial charge in [0.15, 0.2) is 0 Å². The molecule has 1 aliphatic rings. The number of carbonyl (C=O) groups excluding carboxylic acids is 2. The van der Waals surface area contributed by atoms with Gasteiger partial charge in [-0.3, -0.25) is 19.9 Å². The molecule has 1 atom stereocenters. The highest BCUT2D eigenvalue weighted by molar-refractivity contribution is 8.15. The Hall–Kier alpha value is -2.34. The lowest BCUT2D eigenvalue weighted by atomic mass is 10.1. The number of amides is 2. The number of nitrogens with one attached hydrogen (secondary N) is 1. The molecule has 1 unspecified atom stereocenters. The minimum absolute atomic E-state index is 0.238. The number of hydrogen-bond acceptors (Lipinski definition) is 5. The highest BCUT2D eigenvalue weighted by atomic mass is 32.2. The van der Waals surface area contributed by atoms with Crippen LogP contribution in [0.4, 0.5) is 4.79 Å². The summed E-state index contributed by atoms with van der Waals surface area (Å²) in [7, 11) is 0. The zero-order chi connectivity index (χ0) is 16.9. The molecule has 0 bridgehead atoms. The Bertz CT molecular complexity index is 749. The Kier molecular flexibility index (Phi) is 5.15. The Morgan fingerprint density at radius 3 is 2.71 bits per heavy atom. The van der Waals surface area contributed by atoms with Gasteiger partial charge in [0.05, 0.1) is 11.4 Å². The number of aromatic nitrogens is 1. The molecule has 0 spiro atoms. The van der Waals surface area contributed by atoms with E-state index in [1.54, 1.807) is 6.20 Å². The smallest absolute Gasteiger partial charge is 0.286 e. The molecule has 2 aromatic rings. The average molecular weight is 342 g/mol. The fraction of sp³-hybridized carbons (Fsp3) is 0.278. The normalized spacial score (nSPS) is 17.0. The second kappa shape index (κ2) is 7.49. The van der Waals surface area contributed by atoms with Crippen molar-refractivity contribution in [3.05, 3.63) is 59.4 Å². The van der Waals surface area contributed by atoms with E-state index in [0.29, 0.717) is 18.8 Å². The van der Waals surface area contributed by atoms with Crippen LogP contribution in [0.5, 0.6) is 5.75 Å². The summed E-state index contributed by atoms with van der Waals surface area (Å²) in [5, 5.41) is 1.62. The third kappa shape index (κ3) is 3.94. The van der Waals surface area contributed by atoms with E-state index in [0.717, 1.165) is 35.0 Å². The first-order chi connectivity index (χ1) is 11.7. The fourth-order valence-corrected chi connectivity index (χ4v) is 3.35. The second-order valence-corrected chi connectivity index (χ2v) is 6.67. The Labute approximate surface area is 144 Å². The summed E-state index contributed by atoms with van der Waals surface area (Å²) < 4.78 is 5.80. The number of carbonyl (C=O) groups is 2. The predicted molar refractivity (Wildman–Crippen MR) is 93.0 cm³/mol. The van der Waals surface area contributed by atoms with Gasteiger partial charge in [-0.2, -0.15) is 0 Å². The third-order valence-electron chi connectivity index (χ3n) is 3.81. The largest absolute Gasteiger partial charge is 0.487 e. The first-order valence-electron chi connectivity index (χ1n) is 7.81. The number of aryl methyl sites for hydroxylation is 1. The van der Waals surface area contributed by atoms with Crippen LogP contribution in [0.15, 0.2) is 42.6 Å². The second-order valence-electron chi connectivity index (χ2n) is 5.49. The van der Waals surface area contributed by atoms with E-state index in [4.69, 9.17) is 4.74 Å².